The number of hydrogen-bond acceptors (Lipinski definition) is 1. The Kier molecular flexibility index (Phi) is 4.75. The average molecular weight is 253 g/mol. The first-order chi connectivity index (χ1) is 9.15. The Morgan fingerprint density at radius 1 is 0.895 bits per heavy atom. The van der Waals surface area contributed by atoms with Gasteiger partial charge in [0.1, 0.15) is 0 Å². The number of aryl methyl sites for hydroxylation is 1. The summed E-state index contributed by atoms with van der Waals surface area (Å²) in [5, 5.41) is 3.66. The molecule has 0 aliphatic carbocycles. The van der Waals surface area contributed by atoms with Crippen LogP contribution in [-0.4, -0.2) is 6.04 Å². The summed E-state index contributed by atoms with van der Waals surface area (Å²) in [6.07, 6.45) is 1.07. The van der Waals surface area contributed by atoms with Gasteiger partial charge in [0.25, 0.3) is 0 Å². The topological polar surface area (TPSA) is 12.0 Å². The molecule has 0 aliphatic heterocycles. The maximum atomic E-state index is 3.66. The largest absolute Gasteiger partial charge is 0.307 e. The summed E-state index contributed by atoms with van der Waals surface area (Å²) >= 11 is 0. The van der Waals surface area contributed by atoms with Gasteiger partial charge in [-0.05, 0) is 38.3 Å². The van der Waals surface area contributed by atoms with Crippen LogP contribution in [0.3, 0.4) is 0 Å². The molecule has 19 heavy (non-hydrogen) atoms. The van der Waals surface area contributed by atoms with E-state index in [9.17, 15) is 0 Å². The minimum absolute atomic E-state index is 0.390. The minimum Gasteiger partial charge on any atom is -0.307 e. The van der Waals surface area contributed by atoms with Crippen molar-refractivity contribution >= 4 is 0 Å². The van der Waals surface area contributed by atoms with E-state index in [1.165, 1.54) is 16.7 Å². The van der Waals surface area contributed by atoms with Crippen molar-refractivity contribution < 1.29 is 0 Å². The summed E-state index contributed by atoms with van der Waals surface area (Å²) in [5.74, 6) is 0. The fourth-order valence-electron chi connectivity index (χ4n) is 2.40. The van der Waals surface area contributed by atoms with Crippen LogP contribution >= 0.6 is 0 Å². The van der Waals surface area contributed by atoms with Crippen LogP contribution in [0.4, 0.5) is 0 Å². The Labute approximate surface area is 116 Å². The smallest absolute Gasteiger partial charge is 0.0294 e. The average Bonchev–Trinajstić information content (AvgIpc) is 2.42. The molecule has 0 spiro atoms. The zero-order valence-electron chi connectivity index (χ0n) is 12.1. The van der Waals surface area contributed by atoms with Crippen LogP contribution in [-0.2, 0) is 6.42 Å². The summed E-state index contributed by atoms with van der Waals surface area (Å²) < 4.78 is 0. The second kappa shape index (κ2) is 6.53. The van der Waals surface area contributed by atoms with Crippen LogP contribution < -0.4 is 5.32 Å². The molecule has 2 rings (SSSR count). The highest BCUT2D eigenvalue weighted by Crippen LogP contribution is 2.13. The lowest BCUT2D eigenvalue weighted by Crippen LogP contribution is -2.30. The third-order valence-electron chi connectivity index (χ3n) is 3.50. The fraction of sp³-hybridized carbons (Fsp3) is 0.333. The van der Waals surface area contributed by atoms with E-state index >= 15 is 0 Å². The van der Waals surface area contributed by atoms with Gasteiger partial charge in [-0.1, -0.05) is 60.2 Å². The summed E-state index contributed by atoms with van der Waals surface area (Å²) in [6.45, 7) is 6.60. The third kappa shape index (κ3) is 4.22. The first-order valence-electron chi connectivity index (χ1n) is 7.01. The van der Waals surface area contributed by atoms with Crippen LogP contribution in [0.15, 0.2) is 54.6 Å². The van der Waals surface area contributed by atoms with Gasteiger partial charge in [0.15, 0.2) is 0 Å². The summed E-state index contributed by atoms with van der Waals surface area (Å²) in [7, 11) is 0. The number of benzene rings is 2. The highest BCUT2D eigenvalue weighted by Gasteiger charge is 2.09. The van der Waals surface area contributed by atoms with Gasteiger partial charge in [0.2, 0.25) is 0 Å². The molecule has 2 atom stereocenters. The van der Waals surface area contributed by atoms with E-state index in [1.54, 1.807) is 0 Å². The van der Waals surface area contributed by atoms with Crippen LogP contribution in [0, 0.1) is 6.92 Å². The molecule has 0 bridgehead atoms. The second-order valence-electron chi connectivity index (χ2n) is 5.39. The Balaban J connectivity index is 1.90. The monoisotopic (exact) mass is 253 g/mol. The van der Waals surface area contributed by atoms with Crippen molar-refractivity contribution in [3.8, 4) is 0 Å². The first-order valence-corrected chi connectivity index (χ1v) is 7.01. The molecule has 0 fully saturated rings. The maximum Gasteiger partial charge on any atom is 0.0294 e. The molecule has 1 heteroatoms. The lowest BCUT2D eigenvalue weighted by molar-refractivity contribution is 0.477. The molecule has 0 unspecified atom stereocenters. The highest BCUT2D eigenvalue weighted by atomic mass is 14.9. The van der Waals surface area contributed by atoms with E-state index in [4.69, 9.17) is 0 Å². The molecule has 2 aromatic carbocycles. The van der Waals surface area contributed by atoms with Crippen LogP contribution in [0.25, 0.3) is 0 Å². The normalized spacial score (nSPS) is 14.1. The van der Waals surface area contributed by atoms with Gasteiger partial charge in [-0.3, -0.25) is 0 Å². The van der Waals surface area contributed by atoms with Crippen molar-refractivity contribution in [2.75, 3.05) is 0 Å². The minimum atomic E-state index is 0.390. The molecule has 0 radical (unpaired) electrons. The summed E-state index contributed by atoms with van der Waals surface area (Å²) in [5.41, 5.74) is 4.06. The molecule has 0 aliphatic rings. The van der Waals surface area contributed by atoms with E-state index in [1.807, 2.05) is 0 Å². The molecule has 0 aromatic heterocycles. The van der Waals surface area contributed by atoms with Gasteiger partial charge in [0, 0.05) is 12.1 Å². The summed E-state index contributed by atoms with van der Waals surface area (Å²) in [6, 6.07) is 20.3. The van der Waals surface area contributed by atoms with Crippen molar-refractivity contribution in [1.82, 2.24) is 5.32 Å². The quantitative estimate of drug-likeness (QED) is 0.838. The molecule has 2 aromatic rings. The molecule has 1 nitrogen and oxygen atoms in total. The van der Waals surface area contributed by atoms with Crippen LogP contribution in [0.5, 0.6) is 0 Å². The van der Waals surface area contributed by atoms with E-state index in [0.29, 0.717) is 12.1 Å². The Morgan fingerprint density at radius 3 is 2.16 bits per heavy atom. The highest BCUT2D eigenvalue weighted by molar-refractivity contribution is 5.22. The van der Waals surface area contributed by atoms with E-state index in [0.717, 1.165) is 6.42 Å². The molecule has 0 saturated carbocycles. The Bertz CT molecular complexity index is 487. The molecule has 0 saturated heterocycles. The van der Waals surface area contributed by atoms with Crippen molar-refractivity contribution in [2.45, 2.75) is 39.3 Å². The molecule has 0 heterocycles. The number of rotatable bonds is 5. The van der Waals surface area contributed by atoms with Crippen LogP contribution in [0.2, 0.25) is 0 Å². The second-order valence-corrected chi connectivity index (χ2v) is 5.39. The van der Waals surface area contributed by atoms with Crippen LogP contribution in [0.1, 0.15) is 36.6 Å². The standard InChI is InChI=1S/C18H23N/c1-14-9-11-17(12-10-14)13-15(2)19-16(3)18-7-5-4-6-8-18/h4-12,15-16,19H,13H2,1-3H3/t15-,16-/m1/s1. The Hall–Kier alpha value is -1.60. The zero-order chi connectivity index (χ0) is 13.7. The SMILES string of the molecule is Cc1ccc(C[C@@H](C)N[C@H](C)c2ccccc2)cc1. The molecule has 100 valence electrons. The van der Waals surface area contributed by atoms with Gasteiger partial charge in [-0.15, -0.1) is 0 Å². The lowest BCUT2D eigenvalue weighted by Gasteiger charge is -2.20. The predicted molar refractivity (Wildman–Crippen MR) is 82.3 cm³/mol. The zero-order valence-corrected chi connectivity index (χ0v) is 12.1. The van der Waals surface area contributed by atoms with Gasteiger partial charge < -0.3 is 5.32 Å². The van der Waals surface area contributed by atoms with Crippen molar-refractivity contribution in [3.05, 3.63) is 71.3 Å². The van der Waals surface area contributed by atoms with Gasteiger partial charge in [-0.2, -0.15) is 0 Å². The molecule has 0 amide bonds. The predicted octanol–water partition coefficient (Wildman–Crippen LogP) is 4.28. The van der Waals surface area contributed by atoms with Crippen molar-refractivity contribution in [3.63, 3.8) is 0 Å². The van der Waals surface area contributed by atoms with Gasteiger partial charge in [0.05, 0.1) is 0 Å². The van der Waals surface area contributed by atoms with E-state index in [2.05, 4.69) is 80.7 Å². The van der Waals surface area contributed by atoms with Gasteiger partial charge >= 0.3 is 0 Å². The molecular formula is C18H23N. The lowest BCUT2D eigenvalue weighted by atomic mass is 10.0. The summed E-state index contributed by atoms with van der Waals surface area (Å²) in [4.78, 5) is 0. The van der Waals surface area contributed by atoms with E-state index < -0.39 is 0 Å². The van der Waals surface area contributed by atoms with Crippen molar-refractivity contribution in [2.24, 2.45) is 0 Å². The molecule has 1 N–H and O–H groups in total. The van der Waals surface area contributed by atoms with Gasteiger partial charge in [-0.25, -0.2) is 0 Å². The first kappa shape index (κ1) is 13.8. The maximum absolute atomic E-state index is 3.66. The third-order valence-corrected chi connectivity index (χ3v) is 3.50. The van der Waals surface area contributed by atoms with E-state index in [-0.39, 0.29) is 0 Å². The Morgan fingerprint density at radius 2 is 1.53 bits per heavy atom. The van der Waals surface area contributed by atoms with Crippen molar-refractivity contribution in [1.29, 1.82) is 0 Å². The molecular weight excluding hydrogens is 230 g/mol. The number of hydrogen-bond donors (Lipinski definition) is 1. The number of nitrogens with one attached hydrogen (secondary N) is 1. The fourth-order valence-corrected chi connectivity index (χ4v) is 2.40.